The van der Waals surface area contributed by atoms with Gasteiger partial charge in [-0.25, -0.2) is 4.39 Å². The largest absolute Gasteiger partial charge is 0.504 e. The fourth-order valence-electron chi connectivity index (χ4n) is 2.45. The molecular formula is C21H17FO3. The Labute approximate surface area is 145 Å². The predicted molar refractivity (Wildman–Crippen MR) is 93.7 cm³/mol. The Morgan fingerprint density at radius 1 is 0.960 bits per heavy atom. The molecule has 3 nitrogen and oxygen atoms in total. The number of hydrogen-bond donors (Lipinski definition) is 1. The maximum Gasteiger partial charge on any atom is 0.169 e. The maximum absolute atomic E-state index is 12.9. The monoisotopic (exact) mass is 336 g/mol. The number of aromatic hydroxyl groups is 1. The van der Waals surface area contributed by atoms with E-state index in [0.29, 0.717) is 23.5 Å². The summed E-state index contributed by atoms with van der Waals surface area (Å²) >= 11 is 0. The number of carbonyl (C=O) groups is 1. The lowest BCUT2D eigenvalue weighted by Gasteiger charge is -2.09. The summed E-state index contributed by atoms with van der Waals surface area (Å²) in [4.78, 5) is 12.3. The maximum atomic E-state index is 12.9. The van der Waals surface area contributed by atoms with E-state index in [0.717, 1.165) is 5.56 Å². The molecule has 0 aliphatic heterocycles. The summed E-state index contributed by atoms with van der Waals surface area (Å²) in [7, 11) is 0. The minimum atomic E-state index is -0.297. The third-order valence-electron chi connectivity index (χ3n) is 3.81. The molecule has 0 saturated carbocycles. The number of ether oxygens (including phenoxy) is 1. The average Bonchev–Trinajstić information content (AvgIpc) is 2.63. The third kappa shape index (κ3) is 4.44. The molecule has 126 valence electrons. The Bertz CT molecular complexity index is 858. The second-order valence-corrected chi connectivity index (χ2v) is 5.65. The molecule has 0 atom stereocenters. The van der Waals surface area contributed by atoms with Crippen molar-refractivity contribution in [2.75, 3.05) is 0 Å². The van der Waals surface area contributed by atoms with Gasteiger partial charge in [0, 0.05) is 12.0 Å². The van der Waals surface area contributed by atoms with Crippen molar-refractivity contribution >= 4 is 5.78 Å². The highest BCUT2D eigenvalue weighted by Crippen LogP contribution is 2.31. The highest BCUT2D eigenvalue weighted by molar-refractivity contribution is 5.96. The molecule has 1 N–H and O–H groups in total. The Kier molecular flexibility index (Phi) is 5.09. The zero-order valence-electron chi connectivity index (χ0n) is 13.5. The highest BCUT2D eigenvalue weighted by atomic mass is 19.1. The van der Waals surface area contributed by atoms with Crippen LogP contribution >= 0.6 is 0 Å². The molecule has 0 saturated heterocycles. The van der Waals surface area contributed by atoms with Crippen LogP contribution in [0.25, 0.3) is 0 Å². The van der Waals surface area contributed by atoms with Crippen molar-refractivity contribution in [3.63, 3.8) is 0 Å². The van der Waals surface area contributed by atoms with Crippen LogP contribution in [-0.2, 0) is 6.42 Å². The van der Waals surface area contributed by atoms with Crippen molar-refractivity contribution in [3.05, 3.63) is 89.7 Å². The van der Waals surface area contributed by atoms with Crippen LogP contribution in [0.1, 0.15) is 22.3 Å². The Balaban J connectivity index is 1.65. The molecule has 3 rings (SSSR count). The number of hydrogen-bond acceptors (Lipinski definition) is 3. The minimum absolute atomic E-state index is 0.0866. The van der Waals surface area contributed by atoms with Crippen LogP contribution in [0, 0.1) is 5.82 Å². The van der Waals surface area contributed by atoms with E-state index < -0.39 is 0 Å². The van der Waals surface area contributed by atoms with E-state index in [2.05, 4.69) is 0 Å². The van der Waals surface area contributed by atoms with Gasteiger partial charge in [0.2, 0.25) is 0 Å². The first kappa shape index (κ1) is 16.7. The van der Waals surface area contributed by atoms with Crippen molar-refractivity contribution in [2.24, 2.45) is 0 Å². The van der Waals surface area contributed by atoms with E-state index in [4.69, 9.17) is 4.74 Å². The van der Waals surface area contributed by atoms with Gasteiger partial charge in [-0.3, -0.25) is 4.79 Å². The van der Waals surface area contributed by atoms with Gasteiger partial charge in [0.05, 0.1) is 0 Å². The topological polar surface area (TPSA) is 46.5 Å². The summed E-state index contributed by atoms with van der Waals surface area (Å²) in [6.07, 6.45) is 0.798. The predicted octanol–water partition coefficient (Wildman–Crippen LogP) is 5.14. The Morgan fingerprint density at radius 3 is 2.36 bits per heavy atom. The van der Waals surface area contributed by atoms with Gasteiger partial charge >= 0.3 is 0 Å². The van der Waals surface area contributed by atoms with E-state index in [1.54, 1.807) is 36.4 Å². The van der Waals surface area contributed by atoms with Gasteiger partial charge in [0.1, 0.15) is 11.6 Å². The minimum Gasteiger partial charge on any atom is -0.504 e. The first-order chi connectivity index (χ1) is 12.1. The van der Waals surface area contributed by atoms with Crippen LogP contribution in [0.3, 0.4) is 0 Å². The molecule has 0 aliphatic rings. The van der Waals surface area contributed by atoms with Crippen LogP contribution in [0.15, 0.2) is 72.8 Å². The number of phenols is 1. The lowest BCUT2D eigenvalue weighted by atomic mass is 10.0. The van der Waals surface area contributed by atoms with E-state index in [1.807, 2.05) is 18.2 Å². The van der Waals surface area contributed by atoms with Gasteiger partial charge in [-0.1, -0.05) is 30.3 Å². The summed E-state index contributed by atoms with van der Waals surface area (Å²) in [6.45, 7) is 0. The van der Waals surface area contributed by atoms with Crippen LogP contribution < -0.4 is 4.74 Å². The second-order valence-electron chi connectivity index (χ2n) is 5.65. The summed E-state index contributed by atoms with van der Waals surface area (Å²) in [5, 5.41) is 10.1. The molecule has 0 fully saturated rings. The third-order valence-corrected chi connectivity index (χ3v) is 3.81. The van der Waals surface area contributed by atoms with Crippen LogP contribution in [-0.4, -0.2) is 10.9 Å². The highest BCUT2D eigenvalue weighted by Gasteiger charge is 2.11. The standard InChI is InChI=1S/C21H17FO3/c22-17-10-6-15(7-11-17)8-12-19(23)16-9-13-21(20(24)14-16)25-18-4-2-1-3-5-18/h1-7,9-11,13-14,24H,8,12H2. The number of halogens is 1. The molecule has 0 bridgehead atoms. The number of carbonyl (C=O) groups excluding carboxylic acids is 1. The first-order valence-electron chi connectivity index (χ1n) is 7.95. The second kappa shape index (κ2) is 7.62. The number of benzene rings is 3. The molecule has 0 amide bonds. The van der Waals surface area contributed by atoms with Crippen molar-refractivity contribution in [1.82, 2.24) is 0 Å². The number of ketones is 1. The number of Topliss-reactive ketones (excluding diaryl/α,β-unsaturated/α-hetero) is 1. The van der Waals surface area contributed by atoms with Crippen molar-refractivity contribution in [2.45, 2.75) is 12.8 Å². The molecule has 25 heavy (non-hydrogen) atoms. The van der Waals surface area contributed by atoms with Crippen molar-refractivity contribution < 1.29 is 19.0 Å². The summed E-state index contributed by atoms with van der Waals surface area (Å²) < 4.78 is 18.5. The number of rotatable bonds is 6. The van der Waals surface area contributed by atoms with Crippen LogP contribution in [0.2, 0.25) is 0 Å². The molecule has 0 aliphatic carbocycles. The van der Waals surface area contributed by atoms with E-state index in [-0.39, 0.29) is 23.8 Å². The van der Waals surface area contributed by atoms with Gasteiger partial charge in [-0.2, -0.15) is 0 Å². The van der Waals surface area contributed by atoms with Crippen molar-refractivity contribution in [3.8, 4) is 17.2 Å². The summed E-state index contributed by atoms with van der Waals surface area (Å²) in [5.74, 6) is 0.422. The van der Waals surface area contributed by atoms with E-state index in [9.17, 15) is 14.3 Å². The normalized spacial score (nSPS) is 10.4. The zero-order chi connectivity index (χ0) is 17.6. The first-order valence-corrected chi connectivity index (χ1v) is 7.95. The summed E-state index contributed by atoms with van der Waals surface area (Å²) in [6, 6.07) is 19.8. The number of aryl methyl sites for hydroxylation is 1. The quantitative estimate of drug-likeness (QED) is 0.634. The molecule has 0 radical (unpaired) electrons. The average molecular weight is 336 g/mol. The lowest BCUT2D eigenvalue weighted by molar-refractivity contribution is 0.0982. The Hall–Kier alpha value is -3.14. The van der Waals surface area contributed by atoms with Gasteiger partial charge in [0.15, 0.2) is 17.3 Å². The Morgan fingerprint density at radius 2 is 1.68 bits per heavy atom. The van der Waals surface area contributed by atoms with Crippen LogP contribution in [0.5, 0.6) is 17.2 Å². The molecule has 3 aromatic rings. The molecule has 0 aromatic heterocycles. The number of para-hydroxylation sites is 1. The smallest absolute Gasteiger partial charge is 0.169 e. The summed E-state index contributed by atoms with van der Waals surface area (Å²) in [5.41, 5.74) is 1.31. The molecule has 3 aromatic carbocycles. The van der Waals surface area contributed by atoms with Crippen molar-refractivity contribution in [1.29, 1.82) is 0 Å². The zero-order valence-corrected chi connectivity index (χ0v) is 13.5. The van der Waals surface area contributed by atoms with E-state index in [1.165, 1.54) is 18.2 Å². The van der Waals surface area contributed by atoms with Gasteiger partial charge in [-0.15, -0.1) is 0 Å². The fourth-order valence-corrected chi connectivity index (χ4v) is 2.45. The van der Waals surface area contributed by atoms with Gasteiger partial charge in [0.25, 0.3) is 0 Å². The SMILES string of the molecule is O=C(CCc1ccc(F)cc1)c1ccc(Oc2ccccc2)c(O)c1. The van der Waals surface area contributed by atoms with E-state index >= 15 is 0 Å². The molecule has 0 heterocycles. The molecule has 0 spiro atoms. The van der Waals surface area contributed by atoms with Crippen LogP contribution in [0.4, 0.5) is 4.39 Å². The molecule has 4 heteroatoms. The molecular weight excluding hydrogens is 319 g/mol. The molecule has 0 unspecified atom stereocenters. The fraction of sp³-hybridized carbons (Fsp3) is 0.0952. The van der Waals surface area contributed by atoms with Gasteiger partial charge in [-0.05, 0) is 54.4 Å². The number of phenolic OH excluding ortho intramolecular Hbond substituents is 1. The van der Waals surface area contributed by atoms with Gasteiger partial charge < -0.3 is 9.84 Å². The lowest BCUT2D eigenvalue weighted by Crippen LogP contribution is -2.01.